The maximum atomic E-state index is 13.1. The van der Waals surface area contributed by atoms with Crippen LogP contribution >= 0.6 is 0 Å². The Bertz CT molecular complexity index is 1160. The molecule has 1 aromatic heterocycles. The molecule has 0 bridgehead atoms. The summed E-state index contributed by atoms with van der Waals surface area (Å²) in [5.74, 6) is -2.13. The molecule has 3 rings (SSSR count). The van der Waals surface area contributed by atoms with Crippen LogP contribution in [-0.4, -0.2) is 31.9 Å². The molecular weight excluding hydrogens is 369 g/mol. The molecule has 1 heterocycles. The predicted octanol–water partition coefficient (Wildman–Crippen LogP) is 1.75. The Morgan fingerprint density at radius 2 is 1.75 bits per heavy atom. The van der Waals surface area contributed by atoms with E-state index in [-0.39, 0.29) is 17.7 Å². The van der Waals surface area contributed by atoms with E-state index < -0.39 is 28.9 Å². The molecule has 0 aliphatic heterocycles. The summed E-state index contributed by atoms with van der Waals surface area (Å²) < 4.78 is 13.9. The smallest absolute Gasteiger partial charge is 0.335 e. The monoisotopic (exact) mass is 383 g/mol. The first-order valence-electron chi connectivity index (χ1n) is 8.04. The highest BCUT2D eigenvalue weighted by Gasteiger charge is 2.14. The van der Waals surface area contributed by atoms with Gasteiger partial charge in [-0.3, -0.25) is 19.6 Å². The van der Waals surface area contributed by atoms with E-state index >= 15 is 0 Å². The molecule has 0 fully saturated rings. The van der Waals surface area contributed by atoms with Crippen LogP contribution in [-0.2, 0) is 11.2 Å². The van der Waals surface area contributed by atoms with E-state index in [1.54, 1.807) is 24.3 Å². The van der Waals surface area contributed by atoms with Gasteiger partial charge < -0.3 is 10.2 Å². The van der Waals surface area contributed by atoms with Gasteiger partial charge in [-0.2, -0.15) is 0 Å². The third-order valence-corrected chi connectivity index (χ3v) is 3.84. The molecular formula is C19H14FN3O5. The summed E-state index contributed by atoms with van der Waals surface area (Å²) >= 11 is 0. The Labute approximate surface area is 156 Å². The van der Waals surface area contributed by atoms with Crippen LogP contribution in [0.2, 0.25) is 0 Å². The average Bonchev–Trinajstić information content (AvgIpc) is 2.63. The van der Waals surface area contributed by atoms with Crippen molar-refractivity contribution in [3.05, 3.63) is 86.3 Å². The number of aromatic amines is 1. The van der Waals surface area contributed by atoms with Gasteiger partial charge in [-0.05, 0) is 42.0 Å². The van der Waals surface area contributed by atoms with Crippen molar-refractivity contribution in [2.75, 3.05) is 0 Å². The number of rotatable bonds is 5. The van der Waals surface area contributed by atoms with Crippen molar-refractivity contribution in [1.82, 2.24) is 9.55 Å². The topological polar surface area (TPSA) is 125 Å². The van der Waals surface area contributed by atoms with Crippen molar-refractivity contribution >= 4 is 17.9 Å². The molecule has 0 aliphatic rings. The Morgan fingerprint density at radius 3 is 2.36 bits per heavy atom. The predicted molar refractivity (Wildman–Crippen MR) is 99.3 cm³/mol. The molecule has 0 aliphatic carbocycles. The first-order chi connectivity index (χ1) is 13.3. The second-order valence-corrected chi connectivity index (χ2v) is 5.80. The molecule has 0 saturated heterocycles. The van der Waals surface area contributed by atoms with Crippen LogP contribution in [0.3, 0.4) is 0 Å². The summed E-state index contributed by atoms with van der Waals surface area (Å²) in [4.78, 5) is 40.9. The largest absolute Gasteiger partial charge is 0.493 e. The molecule has 9 heteroatoms. The number of nitrogens with zero attached hydrogens (tertiary/aromatic N) is 2. The van der Waals surface area contributed by atoms with Crippen LogP contribution in [0.15, 0.2) is 63.1 Å². The number of aromatic hydroxyl groups is 1. The van der Waals surface area contributed by atoms with Crippen molar-refractivity contribution in [2.45, 2.75) is 6.42 Å². The molecule has 0 spiro atoms. The highest BCUT2D eigenvalue weighted by Crippen LogP contribution is 2.18. The number of carbonyl (C=O) groups is 1. The van der Waals surface area contributed by atoms with Gasteiger partial charge in [0.15, 0.2) is 0 Å². The Balaban J connectivity index is 1.98. The summed E-state index contributed by atoms with van der Waals surface area (Å²) in [5.41, 5.74) is -0.841. The van der Waals surface area contributed by atoms with E-state index in [0.29, 0.717) is 11.3 Å². The number of halogens is 1. The Kier molecular flexibility index (Phi) is 5.16. The fourth-order valence-corrected chi connectivity index (χ4v) is 2.50. The van der Waals surface area contributed by atoms with Gasteiger partial charge in [0.05, 0.1) is 17.8 Å². The van der Waals surface area contributed by atoms with E-state index in [9.17, 15) is 23.9 Å². The van der Waals surface area contributed by atoms with Crippen molar-refractivity contribution < 1.29 is 19.4 Å². The normalized spacial score (nSPS) is 11.0. The molecule has 0 amide bonds. The molecule has 0 saturated carbocycles. The number of aliphatic imine (C=N–C) groups is 1. The molecule has 3 N–H and O–H groups in total. The van der Waals surface area contributed by atoms with Crippen LogP contribution in [0.1, 0.15) is 11.1 Å². The Hall–Kier alpha value is -4.01. The van der Waals surface area contributed by atoms with Crippen molar-refractivity contribution in [3.63, 3.8) is 0 Å². The Morgan fingerprint density at radius 1 is 1.11 bits per heavy atom. The van der Waals surface area contributed by atoms with E-state index in [4.69, 9.17) is 5.11 Å². The molecule has 2 aromatic carbocycles. The lowest BCUT2D eigenvalue weighted by Crippen LogP contribution is -2.31. The maximum absolute atomic E-state index is 13.1. The zero-order valence-electron chi connectivity index (χ0n) is 14.3. The van der Waals surface area contributed by atoms with Crippen LogP contribution in [0.4, 0.5) is 10.1 Å². The minimum atomic E-state index is -0.962. The third-order valence-electron chi connectivity index (χ3n) is 3.84. The van der Waals surface area contributed by atoms with Gasteiger partial charge in [0, 0.05) is 6.21 Å². The zero-order chi connectivity index (χ0) is 20.3. The fraction of sp³-hybridized carbons (Fsp3) is 0.0526. The number of carboxylic acids is 1. The zero-order valence-corrected chi connectivity index (χ0v) is 14.3. The summed E-state index contributed by atoms with van der Waals surface area (Å²) in [6.45, 7) is 0. The van der Waals surface area contributed by atoms with E-state index in [1.807, 2.05) is 0 Å². The standard InChI is InChI=1S/C19H14FN3O5/c20-12-3-7-14(8-4-12)23-18(27)15(17(26)22-19(23)28)10-21-13-5-1-11(2-6-13)9-16(24)25/h1-8,10,27H,9H2,(H,24,25)(H,22,26,28). The van der Waals surface area contributed by atoms with Crippen molar-refractivity contribution in [1.29, 1.82) is 0 Å². The number of H-pyrrole nitrogens is 1. The molecule has 142 valence electrons. The van der Waals surface area contributed by atoms with Crippen LogP contribution in [0, 0.1) is 5.82 Å². The number of aromatic nitrogens is 2. The highest BCUT2D eigenvalue weighted by molar-refractivity contribution is 5.84. The SMILES string of the molecule is O=C(O)Cc1ccc(N=Cc2c(O)n(-c3ccc(F)cc3)c(=O)[nH]c2=O)cc1. The molecule has 3 aromatic rings. The van der Waals surface area contributed by atoms with Gasteiger partial charge in [0.25, 0.3) is 5.56 Å². The minimum absolute atomic E-state index is 0.132. The van der Waals surface area contributed by atoms with Crippen LogP contribution in [0.25, 0.3) is 5.69 Å². The minimum Gasteiger partial charge on any atom is -0.493 e. The first kappa shape index (κ1) is 18.8. The maximum Gasteiger partial charge on any atom is 0.335 e. The molecule has 8 nitrogen and oxygen atoms in total. The van der Waals surface area contributed by atoms with Gasteiger partial charge in [-0.25, -0.2) is 13.8 Å². The van der Waals surface area contributed by atoms with Gasteiger partial charge in [0.1, 0.15) is 11.4 Å². The second kappa shape index (κ2) is 7.70. The van der Waals surface area contributed by atoms with Crippen LogP contribution < -0.4 is 11.2 Å². The number of hydrogen-bond acceptors (Lipinski definition) is 5. The molecule has 28 heavy (non-hydrogen) atoms. The fourth-order valence-electron chi connectivity index (χ4n) is 2.50. The number of nitrogens with one attached hydrogen (secondary N) is 1. The number of carboxylic acid groups (broad SMARTS) is 1. The van der Waals surface area contributed by atoms with Gasteiger partial charge >= 0.3 is 11.7 Å². The highest BCUT2D eigenvalue weighted by atomic mass is 19.1. The van der Waals surface area contributed by atoms with Crippen molar-refractivity contribution in [2.24, 2.45) is 4.99 Å². The quantitative estimate of drug-likeness (QED) is 0.579. The number of aliphatic carboxylic acids is 1. The molecule has 0 atom stereocenters. The summed E-state index contributed by atoms with van der Waals surface area (Å²) in [6, 6.07) is 11.0. The van der Waals surface area contributed by atoms with E-state index in [1.165, 1.54) is 12.1 Å². The second-order valence-electron chi connectivity index (χ2n) is 5.80. The van der Waals surface area contributed by atoms with Gasteiger partial charge in [-0.1, -0.05) is 12.1 Å². The van der Waals surface area contributed by atoms with E-state index in [0.717, 1.165) is 22.9 Å². The third kappa shape index (κ3) is 4.04. The molecule has 0 unspecified atom stereocenters. The summed E-state index contributed by atoms with van der Waals surface area (Å²) in [7, 11) is 0. The number of benzene rings is 2. The summed E-state index contributed by atoms with van der Waals surface area (Å²) in [6.07, 6.45) is 0.951. The lowest BCUT2D eigenvalue weighted by Gasteiger charge is -2.09. The average molecular weight is 383 g/mol. The van der Waals surface area contributed by atoms with E-state index in [2.05, 4.69) is 9.98 Å². The molecule has 0 radical (unpaired) electrons. The number of hydrogen-bond donors (Lipinski definition) is 3. The van der Waals surface area contributed by atoms with Gasteiger partial charge in [-0.15, -0.1) is 0 Å². The van der Waals surface area contributed by atoms with Crippen molar-refractivity contribution in [3.8, 4) is 11.6 Å². The van der Waals surface area contributed by atoms with Crippen LogP contribution in [0.5, 0.6) is 5.88 Å². The first-order valence-corrected chi connectivity index (χ1v) is 8.04. The lowest BCUT2D eigenvalue weighted by molar-refractivity contribution is -0.136. The summed E-state index contributed by atoms with van der Waals surface area (Å²) in [5, 5.41) is 19.1. The lowest BCUT2D eigenvalue weighted by atomic mass is 10.1. The van der Waals surface area contributed by atoms with Gasteiger partial charge in [0.2, 0.25) is 5.88 Å².